The molecule has 2 aliphatic rings. The van der Waals surface area contributed by atoms with Gasteiger partial charge in [-0.3, -0.25) is 0 Å². The normalized spacial score (nSPS) is 24.5. The maximum Gasteiger partial charge on any atom is 0.208 e. The number of nitrogens with zero attached hydrogens (tertiary/aromatic N) is 2. The van der Waals surface area contributed by atoms with E-state index in [1.807, 2.05) is 0 Å². The first-order chi connectivity index (χ1) is 14.6. The average molecular weight is 437 g/mol. The summed E-state index contributed by atoms with van der Waals surface area (Å²) in [4.78, 5) is 15.4. The lowest BCUT2D eigenvalue weighted by Crippen LogP contribution is -2.66. The Morgan fingerprint density at radius 1 is 1.42 bits per heavy atom. The van der Waals surface area contributed by atoms with Crippen LogP contribution in [0.4, 0.5) is 20.6 Å². The Morgan fingerprint density at radius 2 is 2.10 bits per heavy atom. The third kappa shape index (κ3) is 4.77. The largest absolute Gasteiger partial charge is 0.530 e. The number of ether oxygens (including phenoxy) is 1. The quantitative estimate of drug-likeness (QED) is 0.610. The summed E-state index contributed by atoms with van der Waals surface area (Å²) in [5.41, 5.74) is 1.40. The van der Waals surface area contributed by atoms with E-state index in [1.165, 1.54) is 13.2 Å². The van der Waals surface area contributed by atoms with Crippen LogP contribution < -0.4 is 15.7 Å². The fourth-order valence-electron chi connectivity index (χ4n) is 4.85. The summed E-state index contributed by atoms with van der Waals surface area (Å²) in [6, 6.07) is 2.92. The van der Waals surface area contributed by atoms with E-state index >= 15 is 4.39 Å². The van der Waals surface area contributed by atoms with E-state index < -0.39 is 17.8 Å². The number of carbonyl (C=O) groups excluding carboxylic acids is 1. The Morgan fingerprint density at radius 3 is 2.65 bits per heavy atom. The van der Waals surface area contributed by atoms with Crippen molar-refractivity contribution in [2.24, 2.45) is 4.99 Å². The van der Waals surface area contributed by atoms with Gasteiger partial charge in [0.2, 0.25) is 5.90 Å². The zero-order chi connectivity index (χ0) is 22.8. The molecule has 1 aromatic rings. The van der Waals surface area contributed by atoms with Crippen LogP contribution in [-0.2, 0) is 4.74 Å². The molecule has 0 aliphatic carbocycles. The Kier molecular flexibility index (Phi) is 6.76. The molecule has 8 nitrogen and oxygen atoms in total. The monoisotopic (exact) mass is 436 g/mol. The number of aliphatic imine (C=N–C) groups is 1. The van der Waals surface area contributed by atoms with Crippen LogP contribution in [0.2, 0.25) is 0 Å². The number of piperidine rings is 1. The second kappa shape index (κ2) is 9.00. The van der Waals surface area contributed by atoms with Crippen molar-refractivity contribution in [3.8, 4) is 0 Å². The van der Waals surface area contributed by atoms with Gasteiger partial charge in [-0.05, 0) is 32.9 Å². The number of halogens is 1. The second-order valence-electron chi connectivity index (χ2n) is 9.45. The number of benzene rings is 1. The number of aliphatic hydroxyl groups is 1. The minimum atomic E-state index is -1.26. The first kappa shape index (κ1) is 23.3. The van der Waals surface area contributed by atoms with Crippen molar-refractivity contribution in [3.63, 3.8) is 0 Å². The van der Waals surface area contributed by atoms with Crippen LogP contribution in [0.5, 0.6) is 0 Å². The summed E-state index contributed by atoms with van der Waals surface area (Å²) in [6.07, 6.45) is 0.0600. The number of hydrogen-bond donors (Lipinski definition) is 3. The number of hydrogen-bond acceptors (Lipinski definition) is 6. The number of amides is 1. The van der Waals surface area contributed by atoms with Gasteiger partial charge in [0.05, 0.1) is 62.7 Å². The molecule has 1 fully saturated rings. The van der Waals surface area contributed by atoms with Crippen LogP contribution in [0.15, 0.2) is 17.1 Å². The average Bonchev–Trinajstić information content (AvgIpc) is 2.72. The molecule has 9 heteroatoms. The van der Waals surface area contributed by atoms with Gasteiger partial charge in [0.15, 0.2) is 0 Å². The zero-order valence-electron chi connectivity index (χ0n) is 18.7. The topological polar surface area (TPSA) is 106 Å². The van der Waals surface area contributed by atoms with Crippen molar-refractivity contribution in [1.82, 2.24) is 5.32 Å². The van der Waals surface area contributed by atoms with Gasteiger partial charge in [-0.15, -0.1) is 0 Å². The highest BCUT2D eigenvalue weighted by atomic mass is 19.1. The van der Waals surface area contributed by atoms with E-state index in [0.29, 0.717) is 60.7 Å². The van der Waals surface area contributed by atoms with Crippen LogP contribution >= 0.6 is 0 Å². The number of carbonyl (C=O) groups is 1. The predicted octanol–water partition coefficient (Wildman–Crippen LogP) is 1.71. The molecule has 0 aromatic heterocycles. The van der Waals surface area contributed by atoms with Gasteiger partial charge in [-0.2, -0.15) is 0 Å². The standard InChI is InChI=1S/C22H33FN4O4/c1-22(2,3)27(9-7-15(8-10-27)25-21(29)30)12-14(13-28)19-16(23)5-6-17-20(19)26-18(31-4)11-24-17/h5-6,14-15,24-25,28H,7-13H2,1-4H3. The first-order valence-electron chi connectivity index (χ1n) is 10.7. The molecule has 0 spiro atoms. The minimum Gasteiger partial charge on any atom is -0.530 e. The van der Waals surface area contributed by atoms with Crippen LogP contribution in [0.3, 0.4) is 0 Å². The van der Waals surface area contributed by atoms with Gasteiger partial charge >= 0.3 is 0 Å². The number of methoxy groups -OCH3 is 1. The van der Waals surface area contributed by atoms with E-state index in [2.05, 4.69) is 36.4 Å². The fourth-order valence-corrected chi connectivity index (χ4v) is 4.85. The number of rotatable bonds is 5. The molecule has 3 N–H and O–H groups in total. The number of anilines is 1. The number of carboxylic acid groups (broad SMARTS) is 1. The van der Waals surface area contributed by atoms with Gasteiger partial charge in [0, 0.05) is 24.4 Å². The third-order valence-electron chi connectivity index (χ3n) is 6.82. The van der Waals surface area contributed by atoms with Crippen molar-refractivity contribution in [2.45, 2.75) is 51.1 Å². The number of likely N-dealkylation sites (tertiary alicyclic amines) is 1. The van der Waals surface area contributed by atoms with Gasteiger partial charge < -0.3 is 34.9 Å². The van der Waals surface area contributed by atoms with Crippen molar-refractivity contribution < 1.29 is 28.6 Å². The summed E-state index contributed by atoms with van der Waals surface area (Å²) in [6.45, 7) is 8.55. The van der Waals surface area contributed by atoms with Crippen LogP contribution in [0, 0.1) is 5.82 Å². The van der Waals surface area contributed by atoms with Crippen LogP contribution in [0.25, 0.3) is 0 Å². The molecule has 2 aliphatic heterocycles. The third-order valence-corrected chi connectivity index (χ3v) is 6.82. The molecule has 3 rings (SSSR count). The number of quaternary nitrogens is 1. The molecule has 31 heavy (non-hydrogen) atoms. The van der Waals surface area contributed by atoms with Crippen LogP contribution in [-0.4, -0.2) is 73.1 Å². The van der Waals surface area contributed by atoms with E-state index in [4.69, 9.17) is 4.74 Å². The molecular formula is C22H33FN4O4. The lowest BCUT2D eigenvalue weighted by molar-refractivity contribution is -0.976. The Balaban J connectivity index is 1.94. The molecule has 1 saturated heterocycles. The highest BCUT2D eigenvalue weighted by Gasteiger charge is 2.45. The minimum absolute atomic E-state index is 0.148. The second-order valence-corrected chi connectivity index (χ2v) is 9.45. The SMILES string of the molecule is COC1=Nc2c(ccc(F)c2C(CO)C[N+]2(C(C)(C)C)CCC(NC(=O)[O-])CC2)NC1. The van der Waals surface area contributed by atoms with Gasteiger partial charge in [-0.1, -0.05) is 0 Å². The maximum atomic E-state index is 15.1. The van der Waals surface area contributed by atoms with Gasteiger partial charge in [0.25, 0.3) is 0 Å². The molecule has 1 atom stereocenters. The molecular weight excluding hydrogens is 403 g/mol. The van der Waals surface area contributed by atoms with Gasteiger partial charge in [0.1, 0.15) is 11.9 Å². The highest BCUT2D eigenvalue weighted by molar-refractivity contribution is 5.91. The lowest BCUT2D eigenvalue weighted by atomic mass is 9.87. The maximum absolute atomic E-state index is 15.1. The van der Waals surface area contributed by atoms with E-state index in [1.54, 1.807) is 6.07 Å². The number of fused-ring (bicyclic) bond motifs is 1. The molecule has 1 aromatic carbocycles. The summed E-state index contributed by atoms with van der Waals surface area (Å²) >= 11 is 0. The summed E-state index contributed by atoms with van der Waals surface area (Å²) in [7, 11) is 1.53. The summed E-state index contributed by atoms with van der Waals surface area (Å²) in [5, 5.41) is 26.9. The smallest absolute Gasteiger partial charge is 0.208 e. The van der Waals surface area contributed by atoms with Gasteiger partial charge in [-0.25, -0.2) is 9.38 Å². The van der Waals surface area contributed by atoms with Crippen molar-refractivity contribution >= 4 is 23.4 Å². The molecule has 0 saturated carbocycles. The Labute approximate surface area is 182 Å². The predicted molar refractivity (Wildman–Crippen MR) is 115 cm³/mol. The molecule has 1 amide bonds. The van der Waals surface area contributed by atoms with E-state index in [0.717, 1.165) is 5.69 Å². The van der Waals surface area contributed by atoms with Crippen molar-refractivity contribution in [3.05, 3.63) is 23.5 Å². The summed E-state index contributed by atoms with van der Waals surface area (Å²) < 4.78 is 21.0. The Hall–Kier alpha value is -2.39. The molecule has 1 unspecified atom stereocenters. The summed E-state index contributed by atoms with van der Waals surface area (Å²) in [5.74, 6) is -0.409. The Bertz CT molecular complexity index is 845. The van der Waals surface area contributed by atoms with E-state index in [9.17, 15) is 15.0 Å². The van der Waals surface area contributed by atoms with Crippen LogP contribution in [0.1, 0.15) is 45.1 Å². The zero-order valence-corrected chi connectivity index (χ0v) is 18.7. The van der Waals surface area contributed by atoms with Crippen molar-refractivity contribution in [1.29, 1.82) is 0 Å². The first-order valence-corrected chi connectivity index (χ1v) is 10.7. The molecule has 172 valence electrons. The fraction of sp³-hybridized carbons (Fsp3) is 0.636. The number of aliphatic hydroxyl groups excluding tert-OH is 1. The number of nitrogens with one attached hydrogen (secondary N) is 2. The lowest BCUT2D eigenvalue weighted by Gasteiger charge is -2.53. The molecule has 0 bridgehead atoms. The molecule has 2 heterocycles. The van der Waals surface area contributed by atoms with E-state index in [-0.39, 0.29) is 18.2 Å². The highest BCUT2D eigenvalue weighted by Crippen LogP contribution is 2.41. The molecule has 0 radical (unpaired) electrons. The van der Waals surface area contributed by atoms with Crippen molar-refractivity contribution in [2.75, 3.05) is 45.2 Å².